The van der Waals surface area contributed by atoms with Crippen LogP contribution in [-0.4, -0.2) is 30.3 Å². The zero-order valence-corrected chi connectivity index (χ0v) is 12.9. The summed E-state index contributed by atoms with van der Waals surface area (Å²) in [5.41, 5.74) is -0.424. The summed E-state index contributed by atoms with van der Waals surface area (Å²) >= 11 is 0. The van der Waals surface area contributed by atoms with Crippen LogP contribution in [0.15, 0.2) is 12.2 Å². The van der Waals surface area contributed by atoms with Crippen molar-refractivity contribution in [3.63, 3.8) is 0 Å². The zero-order valence-electron chi connectivity index (χ0n) is 12.9. The first-order valence-corrected chi connectivity index (χ1v) is 7.82. The van der Waals surface area contributed by atoms with Crippen LogP contribution in [0, 0.1) is 5.92 Å². The van der Waals surface area contributed by atoms with Crippen LogP contribution >= 0.6 is 0 Å². The molecule has 4 nitrogen and oxygen atoms in total. The summed E-state index contributed by atoms with van der Waals surface area (Å²) in [6, 6.07) is 1.14. The number of carbonyl (C=O) groups is 1. The second kappa shape index (κ2) is 6.61. The molecule has 2 atom stereocenters. The van der Waals surface area contributed by atoms with E-state index in [1.165, 1.54) is 19.3 Å². The minimum Gasteiger partial charge on any atom is -0.444 e. The van der Waals surface area contributed by atoms with E-state index in [2.05, 4.69) is 22.8 Å². The summed E-state index contributed by atoms with van der Waals surface area (Å²) in [4.78, 5) is 11.7. The van der Waals surface area contributed by atoms with Crippen molar-refractivity contribution in [3.05, 3.63) is 12.2 Å². The number of rotatable bonds is 4. The van der Waals surface area contributed by atoms with E-state index in [9.17, 15) is 4.79 Å². The summed E-state index contributed by atoms with van der Waals surface area (Å²) < 4.78 is 5.29. The van der Waals surface area contributed by atoms with Crippen LogP contribution < -0.4 is 10.6 Å². The molecule has 0 aromatic carbocycles. The van der Waals surface area contributed by atoms with Crippen LogP contribution in [0.3, 0.4) is 0 Å². The molecule has 0 bridgehead atoms. The molecule has 2 aliphatic carbocycles. The van der Waals surface area contributed by atoms with Gasteiger partial charge in [0.1, 0.15) is 5.60 Å². The number of ether oxygens (including phenoxy) is 1. The molecule has 2 aliphatic rings. The van der Waals surface area contributed by atoms with Crippen molar-refractivity contribution in [2.75, 3.05) is 6.54 Å². The first-order valence-electron chi connectivity index (χ1n) is 7.82. The molecule has 0 spiro atoms. The molecule has 4 heteroatoms. The van der Waals surface area contributed by atoms with Crippen LogP contribution in [0.2, 0.25) is 0 Å². The topological polar surface area (TPSA) is 50.4 Å². The van der Waals surface area contributed by atoms with Gasteiger partial charge in [-0.25, -0.2) is 4.79 Å². The SMILES string of the molecule is CC(C)(C)OC(=O)NCC1CCCC1NC1CC=CC1. The van der Waals surface area contributed by atoms with Crippen LogP contribution in [-0.2, 0) is 4.74 Å². The van der Waals surface area contributed by atoms with E-state index >= 15 is 0 Å². The molecule has 1 amide bonds. The fourth-order valence-corrected chi connectivity index (χ4v) is 3.09. The van der Waals surface area contributed by atoms with Gasteiger partial charge in [0.25, 0.3) is 0 Å². The highest BCUT2D eigenvalue weighted by Gasteiger charge is 2.29. The number of hydrogen-bond acceptors (Lipinski definition) is 3. The van der Waals surface area contributed by atoms with Crippen LogP contribution in [0.4, 0.5) is 4.79 Å². The van der Waals surface area contributed by atoms with E-state index in [0.717, 1.165) is 12.8 Å². The summed E-state index contributed by atoms with van der Waals surface area (Å²) in [7, 11) is 0. The highest BCUT2D eigenvalue weighted by atomic mass is 16.6. The largest absolute Gasteiger partial charge is 0.444 e. The van der Waals surface area contributed by atoms with Gasteiger partial charge in [-0.15, -0.1) is 0 Å². The van der Waals surface area contributed by atoms with Gasteiger partial charge < -0.3 is 15.4 Å². The molecule has 0 heterocycles. The summed E-state index contributed by atoms with van der Waals surface area (Å²) in [5, 5.41) is 6.66. The molecule has 20 heavy (non-hydrogen) atoms. The Morgan fingerprint density at radius 3 is 2.60 bits per heavy atom. The lowest BCUT2D eigenvalue weighted by atomic mass is 10.0. The number of alkyl carbamates (subject to hydrolysis) is 1. The van der Waals surface area contributed by atoms with Crippen LogP contribution in [0.5, 0.6) is 0 Å². The average Bonchev–Trinajstić information content (AvgIpc) is 2.96. The van der Waals surface area contributed by atoms with Crippen molar-refractivity contribution in [3.8, 4) is 0 Å². The third-order valence-corrected chi connectivity index (χ3v) is 4.02. The monoisotopic (exact) mass is 280 g/mol. The summed E-state index contributed by atoms with van der Waals surface area (Å²) in [5.74, 6) is 0.531. The molecule has 1 saturated carbocycles. The smallest absolute Gasteiger partial charge is 0.407 e. The number of carbonyl (C=O) groups excluding carboxylic acids is 1. The maximum absolute atomic E-state index is 11.7. The Bertz CT molecular complexity index is 352. The molecular formula is C16H28N2O2. The van der Waals surface area contributed by atoms with Crippen molar-refractivity contribution in [2.45, 2.75) is 70.6 Å². The normalized spacial score (nSPS) is 26.9. The van der Waals surface area contributed by atoms with Gasteiger partial charge in [-0.05, 0) is 52.4 Å². The Labute approximate surface area is 122 Å². The lowest BCUT2D eigenvalue weighted by Crippen LogP contribution is -2.44. The lowest BCUT2D eigenvalue weighted by molar-refractivity contribution is 0.0517. The van der Waals surface area contributed by atoms with Gasteiger partial charge in [-0.2, -0.15) is 0 Å². The Morgan fingerprint density at radius 2 is 1.95 bits per heavy atom. The number of amides is 1. The Hall–Kier alpha value is -1.03. The third-order valence-electron chi connectivity index (χ3n) is 4.02. The van der Waals surface area contributed by atoms with Crippen LogP contribution in [0.25, 0.3) is 0 Å². The third kappa shape index (κ3) is 4.82. The van der Waals surface area contributed by atoms with Gasteiger partial charge in [0.05, 0.1) is 0 Å². The molecule has 0 aromatic rings. The predicted molar refractivity (Wildman–Crippen MR) is 80.7 cm³/mol. The van der Waals surface area contributed by atoms with Gasteiger partial charge in [-0.1, -0.05) is 18.6 Å². The number of hydrogen-bond donors (Lipinski definition) is 2. The molecule has 2 N–H and O–H groups in total. The molecule has 0 saturated heterocycles. The summed E-state index contributed by atoms with van der Waals surface area (Å²) in [6.07, 6.45) is 10.1. The highest BCUT2D eigenvalue weighted by molar-refractivity contribution is 5.67. The van der Waals surface area contributed by atoms with E-state index < -0.39 is 5.60 Å². The minimum atomic E-state index is -0.424. The van der Waals surface area contributed by atoms with Crippen molar-refractivity contribution < 1.29 is 9.53 Å². The number of nitrogens with one attached hydrogen (secondary N) is 2. The first-order chi connectivity index (χ1) is 9.44. The molecule has 0 radical (unpaired) electrons. The predicted octanol–water partition coefficient (Wildman–Crippen LogP) is 2.99. The van der Waals surface area contributed by atoms with Crippen molar-refractivity contribution >= 4 is 6.09 Å². The highest BCUT2D eigenvalue weighted by Crippen LogP contribution is 2.27. The van der Waals surface area contributed by atoms with E-state index in [4.69, 9.17) is 4.74 Å². The van der Waals surface area contributed by atoms with E-state index in [1.807, 2.05) is 20.8 Å². The quantitative estimate of drug-likeness (QED) is 0.778. The standard InChI is InChI=1S/C16H28N2O2/c1-16(2,3)20-15(19)17-11-12-7-6-10-14(12)18-13-8-4-5-9-13/h4-5,12-14,18H,6-11H2,1-3H3,(H,17,19). The average molecular weight is 280 g/mol. The van der Waals surface area contributed by atoms with Crippen molar-refractivity contribution in [1.82, 2.24) is 10.6 Å². The fraction of sp³-hybridized carbons (Fsp3) is 0.812. The minimum absolute atomic E-state index is 0.300. The molecule has 2 unspecified atom stereocenters. The van der Waals surface area contributed by atoms with Crippen LogP contribution in [0.1, 0.15) is 52.9 Å². The van der Waals surface area contributed by atoms with Gasteiger partial charge in [0, 0.05) is 18.6 Å². The molecule has 1 fully saturated rings. The molecule has 114 valence electrons. The Kier molecular flexibility index (Phi) is 5.08. The zero-order chi connectivity index (χ0) is 14.6. The molecule has 0 aromatic heterocycles. The molecule has 2 rings (SSSR count). The van der Waals surface area contributed by atoms with E-state index in [0.29, 0.717) is 24.5 Å². The maximum atomic E-state index is 11.7. The van der Waals surface area contributed by atoms with Gasteiger partial charge >= 0.3 is 6.09 Å². The Morgan fingerprint density at radius 1 is 1.25 bits per heavy atom. The molecular weight excluding hydrogens is 252 g/mol. The summed E-state index contributed by atoms with van der Waals surface area (Å²) in [6.45, 7) is 6.38. The first kappa shape index (κ1) is 15.4. The van der Waals surface area contributed by atoms with Crippen molar-refractivity contribution in [1.29, 1.82) is 0 Å². The van der Waals surface area contributed by atoms with Gasteiger partial charge in [-0.3, -0.25) is 0 Å². The second-order valence-corrected chi connectivity index (χ2v) is 6.99. The molecule has 0 aliphatic heterocycles. The second-order valence-electron chi connectivity index (χ2n) is 6.99. The maximum Gasteiger partial charge on any atom is 0.407 e. The lowest BCUT2D eigenvalue weighted by Gasteiger charge is -2.26. The van der Waals surface area contributed by atoms with Crippen molar-refractivity contribution in [2.24, 2.45) is 5.92 Å². The van der Waals surface area contributed by atoms with Gasteiger partial charge in [0.15, 0.2) is 0 Å². The van der Waals surface area contributed by atoms with E-state index in [-0.39, 0.29) is 6.09 Å². The Balaban J connectivity index is 1.72. The van der Waals surface area contributed by atoms with Gasteiger partial charge in [0.2, 0.25) is 0 Å². The van der Waals surface area contributed by atoms with E-state index in [1.54, 1.807) is 0 Å². The fourth-order valence-electron chi connectivity index (χ4n) is 3.09.